The molecule has 0 aromatic carbocycles. The van der Waals surface area contributed by atoms with Crippen molar-refractivity contribution in [3.63, 3.8) is 0 Å². The van der Waals surface area contributed by atoms with E-state index in [1.165, 1.54) is 0 Å². The zero-order valence-corrected chi connectivity index (χ0v) is 26.1. The van der Waals surface area contributed by atoms with Crippen LogP contribution in [0.2, 0.25) is 0 Å². The Balaban J connectivity index is 1.16. The first-order valence-corrected chi connectivity index (χ1v) is 17.0. The maximum absolute atomic E-state index is 11.4. The van der Waals surface area contributed by atoms with Crippen LogP contribution in [-0.2, 0) is 18.9 Å². The molecule has 43 heavy (non-hydrogen) atoms. The van der Waals surface area contributed by atoms with Crippen molar-refractivity contribution in [3.05, 3.63) is 0 Å². The van der Waals surface area contributed by atoms with Gasteiger partial charge in [0.05, 0.1) is 31.5 Å². The molecule has 10 heteroatoms. The number of fused-ring (bicyclic) bond motifs is 7. The molecule has 7 fully saturated rings. The van der Waals surface area contributed by atoms with Gasteiger partial charge in [0.2, 0.25) is 0 Å². The molecule has 246 valence electrons. The first-order valence-electron chi connectivity index (χ1n) is 17.0. The standard InChI is InChI=1S/C33H54O10/c1-15-7-10-33(40-14-15)16(2)24-22(43-33)12-20-18-6-5-17-11-21(35)25(36)29(32(17,4)19(18)8-9-31(20,24)3)42-30-28(39)27(38)26(37)23(13-34)41-30/h15-30,34-39H,5-14H2,1-4H3/t15-,16+,17-,18-,19+,20-,21+,22+,23-,24+,25-,26-,27+,28-,29-,30+,31+,32+,33-/m1/s1. The van der Waals surface area contributed by atoms with Gasteiger partial charge in [-0.1, -0.05) is 27.7 Å². The number of hydrogen-bond donors (Lipinski definition) is 6. The van der Waals surface area contributed by atoms with Crippen LogP contribution in [0.3, 0.4) is 0 Å². The molecule has 7 rings (SSSR count). The molecule has 0 aromatic rings. The Morgan fingerprint density at radius 1 is 0.837 bits per heavy atom. The highest BCUT2D eigenvalue weighted by molar-refractivity contribution is 5.17. The first-order chi connectivity index (χ1) is 20.4. The van der Waals surface area contributed by atoms with Crippen LogP contribution in [0.4, 0.5) is 0 Å². The van der Waals surface area contributed by atoms with Gasteiger partial charge in [-0.25, -0.2) is 0 Å². The smallest absolute Gasteiger partial charge is 0.187 e. The topological polar surface area (TPSA) is 158 Å². The zero-order valence-electron chi connectivity index (χ0n) is 26.1. The minimum Gasteiger partial charge on any atom is -0.394 e. The van der Waals surface area contributed by atoms with E-state index in [9.17, 15) is 30.6 Å². The normalized spacial score (nSPS) is 61.5. The van der Waals surface area contributed by atoms with E-state index < -0.39 is 66.8 Å². The summed E-state index contributed by atoms with van der Waals surface area (Å²) < 4.78 is 25.5. The summed E-state index contributed by atoms with van der Waals surface area (Å²) in [4.78, 5) is 0. The van der Waals surface area contributed by atoms with E-state index in [1.54, 1.807) is 0 Å². The molecule has 0 unspecified atom stereocenters. The van der Waals surface area contributed by atoms with Crippen LogP contribution in [-0.4, -0.2) is 105 Å². The molecule has 19 atom stereocenters. The van der Waals surface area contributed by atoms with Crippen LogP contribution in [0.1, 0.15) is 79.1 Å². The number of aliphatic hydroxyl groups excluding tert-OH is 6. The summed E-state index contributed by atoms with van der Waals surface area (Å²) in [5, 5.41) is 63.7. The SMILES string of the molecule is C[C@@H]1CC[C@@]2(OC1)O[C@H]1C[C@@H]3[C@@H]4CC[C@@H]5C[C@H](O)[C@@H](O)[C@@H](O[C@@H]6O[C@H](CO)[C@@H](O)[C@H](O)[C@H]6O)[C@]5(C)[C@H]4CC[C@]3(C)[C@H]1[C@@H]2C. The van der Waals surface area contributed by atoms with Gasteiger partial charge in [0.1, 0.15) is 30.5 Å². The monoisotopic (exact) mass is 610 g/mol. The first kappa shape index (κ1) is 31.2. The van der Waals surface area contributed by atoms with Gasteiger partial charge < -0.3 is 49.6 Å². The quantitative estimate of drug-likeness (QED) is 0.277. The van der Waals surface area contributed by atoms with Gasteiger partial charge in [0, 0.05) is 17.8 Å². The van der Waals surface area contributed by atoms with Crippen LogP contribution < -0.4 is 0 Å². The van der Waals surface area contributed by atoms with Crippen molar-refractivity contribution in [1.82, 2.24) is 0 Å². The van der Waals surface area contributed by atoms with Gasteiger partial charge >= 0.3 is 0 Å². The van der Waals surface area contributed by atoms with Gasteiger partial charge in [-0.15, -0.1) is 0 Å². The predicted molar refractivity (Wildman–Crippen MR) is 153 cm³/mol. The lowest BCUT2D eigenvalue weighted by atomic mass is 9.43. The molecule has 6 N–H and O–H groups in total. The summed E-state index contributed by atoms with van der Waals surface area (Å²) in [6.45, 7) is 9.47. The lowest BCUT2D eigenvalue weighted by Crippen LogP contribution is -2.67. The predicted octanol–water partition coefficient (Wildman–Crippen LogP) is 1.56. The van der Waals surface area contributed by atoms with Crippen LogP contribution in [0.25, 0.3) is 0 Å². The number of rotatable bonds is 3. The molecule has 7 aliphatic rings. The second-order valence-electron chi connectivity index (χ2n) is 16.1. The Morgan fingerprint density at radius 3 is 2.30 bits per heavy atom. The number of ether oxygens (including phenoxy) is 4. The minimum atomic E-state index is -1.57. The molecule has 3 heterocycles. The van der Waals surface area contributed by atoms with Crippen molar-refractivity contribution in [1.29, 1.82) is 0 Å². The van der Waals surface area contributed by atoms with Crippen molar-refractivity contribution in [2.75, 3.05) is 13.2 Å². The second kappa shape index (κ2) is 10.8. The maximum atomic E-state index is 11.4. The highest BCUT2D eigenvalue weighted by atomic mass is 16.7. The van der Waals surface area contributed by atoms with E-state index in [2.05, 4.69) is 27.7 Å². The highest BCUT2D eigenvalue weighted by Crippen LogP contribution is 2.71. The molecule has 0 amide bonds. The second-order valence-corrected chi connectivity index (χ2v) is 16.1. The largest absolute Gasteiger partial charge is 0.394 e. The summed E-state index contributed by atoms with van der Waals surface area (Å²) in [6.07, 6.45) is -2.33. The maximum Gasteiger partial charge on any atom is 0.187 e. The Morgan fingerprint density at radius 2 is 1.60 bits per heavy atom. The molecule has 0 aromatic heterocycles. The zero-order chi connectivity index (χ0) is 30.6. The Bertz CT molecular complexity index is 1030. The van der Waals surface area contributed by atoms with E-state index in [0.717, 1.165) is 51.6 Å². The molecule has 10 nitrogen and oxygen atoms in total. The average molecular weight is 611 g/mol. The molecule has 3 saturated heterocycles. The average Bonchev–Trinajstić information content (AvgIpc) is 3.43. The molecule has 0 radical (unpaired) electrons. The van der Waals surface area contributed by atoms with Crippen LogP contribution in [0.15, 0.2) is 0 Å². The van der Waals surface area contributed by atoms with Crippen LogP contribution in [0.5, 0.6) is 0 Å². The Kier molecular flexibility index (Phi) is 7.86. The third kappa shape index (κ3) is 4.41. The summed E-state index contributed by atoms with van der Waals surface area (Å²) >= 11 is 0. The fourth-order valence-corrected chi connectivity index (χ4v) is 11.9. The fraction of sp³-hybridized carbons (Fsp3) is 1.00. The summed E-state index contributed by atoms with van der Waals surface area (Å²) in [5.74, 6) is 2.11. The van der Waals surface area contributed by atoms with Crippen molar-refractivity contribution in [2.45, 2.75) is 140 Å². The van der Waals surface area contributed by atoms with E-state index in [1.807, 2.05) is 0 Å². The van der Waals surface area contributed by atoms with Gasteiger partial charge in [-0.3, -0.25) is 0 Å². The lowest BCUT2D eigenvalue weighted by molar-refractivity contribution is -0.346. The summed E-state index contributed by atoms with van der Waals surface area (Å²) in [7, 11) is 0. The Labute approximate surface area is 255 Å². The number of hydrogen-bond acceptors (Lipinski definition) is 10. The molecule has 4 saturated carbocycles. The van der Waals surface area contributed by atoms with E-state index in [-0.39, 0.29) is 23.4 Å². The van der Waals surface area contributed by atoms with Gasteiger partial charge in [0.25, 0.3) is 0 Å². The van der Waals surface area contributed by atoms with Crippen molar-refractivity contribution in [2.24, 2.45) is 52.3 Å². The van der Waals surface area contributed by atoms with E-state index in [0.29, 0.717) is 36.0 Å². The summed E-state index contributed by atoms with van der Waals surface area (Å²) in [6, 6.07) is 0. The van der Waals surface area contributed by atoms with Gasteiger partial charge in [0.15, 0.2) is 12.1 Å². The van der Waals surface area contributed by atoms with Crippen molar-refractivity contribution < 1.29 is 49.6 Å². The van der Waals surface area contributed by atoms with Gasteiger partial charge in [-0.05, 0) is 85.9 Å². The molecular formula is C33H54O10. The van der Waals surface area contributed by atoms with Crippen molar-refractivity contribution >= 4 is 0 Å². The number of aliphatic hydroxyl groups is 6. The minimum absolute atomic E-state index is 0.114. The van der Waals surface area contributed by atoms with E-state index >= 15 is 0 Å². The van der Waals surface area contributed by atoms with Crippen molar-refractivity contribution in [3.8, 4) is 0 Å². The summed E-state index contributed by atoms with van der Waals surface area (Å²) in [5.41, 5.74) is -0.374. The van der Waals surface area contributed by atoms with E-state index in [4.69, 9.17) is 18.9 Å². The highest BCUT2D eigenvalue weighted by Gasteiger charge is 2.70. The van der Waals surface area contributed by atoms with Crippen LogP contribution >= 0.6 is 0 Å². The van der Waals surface area contributed by atoms with Gasteiger partial charge in [-0.2, -0.15) is 0 Å². The molecule has 3 aliphatic heterocycles. The molecule has 4 aliphatic carbocycles. The third-order valence-corrected chi connectivity index (χ3v) is 14.2. The third-order valence-electron chi connectivity index (χ3n) is 14.2. The fourth-order valence-electron chi connectivity index (χ4n) is 11.9. The lowest BCUT2D eigenvalue weighted by Gasteiger charge is -2.64. The molecule has 0 bridgehead atoms. The Hall–Kier alpha value is -0.400. The molecular weight excluding hydrogens is 556 g/mol. The molecule has 1 spiro atoms. The van der Waals surface area contributed by atoms with Crippen LogP contribution in [0, 0.1) is 52.3 Å².